The number of nitrogens with zero attached hydrogens (tertiary/aromatic N) is 3. The van der Waals surface area contributed by atoms with Crippen molar-refractivity contribution in [2.75, 3.05) is 0 Å². The highest BCUT2D eigenvalue weighted by molar-refractivity contribution is 7.17. The molecule has 27 heavy (non-hydrogen) atoms. The number of aromatic amines is 1. The van der Waals surface area contributed by atoms with Gasteiger partial charge in [0.25, 0.3) is 0 Å². The van der Waals surface area contributed by atoms with Crippen LogP contribution >= 0.6 is 11.3 Å². The Bertz CT molecular complexity index is 1010. The molecular weight excluding hydrogens is 356 g/mol. The van der Waals surface area contributed by atoms with Crippen molar-refractivity contribution in [3.8, 4) is 0 Å². The Kier molecular flexibility index (Phi) is 5.17. The summed E-state index contributed by atoms with van der Waals surface area (Å²) in [5.74, 6) is 0. The quantitative estimate of drug-likeness (QED) is 0.372. The van der Waals surface area contributed by atoms with Gasteiger partial charge in [-0.1, -0.05) is 12.1 Å². The van der Waals surface area contributed by atoms with Crippen molar-refractivity contribution in [2.24, 2.45) is 0 Å². The molecule has 0 spiro atoms. The van der Waals surface area contributed by atoms with Crippen LogP contribution in [0, 0.1) is 0 Å². The molecule has 132 valence electrons. The van der Waals surface area contributed by atoms with Crippen LogP contribution in [-0.2, 0) is 0 Å². The fourth-order valence-electron chi connectivity index (χ4n) is 2.49. The lowest BCUT2D eigenvalue weighted by Gasteiger charge is -1.81. The first-order chi connectivity index (χ1) is 13.4. The second kappa shape index (κ2) is 8.25. The molecule has 6 rings (SSSR count). The summed E-state index contributed by atoms with van der Waals surface area (Å²) in [6.45, 7) is 0. The SMILES string of the molecule is c1cc2ccoc2cn1.c1cc2ccsc2cn1.c1ccc2[nH]cnc2c1. The number of aromatic nitrogens is 4. The summed E-state index contributed by atoms with van der Waals surface area (Å²) in [4.78, 5) is 15.0. The smallest absolute Gasteiger partial charge is 0.152 e. The van der Waals surface area contributed by atoms with Gasteiger partial charge in [0.15, 0.2) is 5.58 Å². The van der Waals surface area contributed by atoms with Gasteiger partial charge in [0, 0.05) is 24.0 Å². The van der Waals surface area contributed by atoms with Gasteiger partial charge in [-0.2, -0.15) is 0 Å². The molecule has 5 heterocycles. The summed E-state index contributed by atoms with van der Waals surface area (Å²) < 4.78 is 6.32. The highest BCUT2D eigenvalue weighted by Gasteiger charge is 1.91. The number of furan rings is 1. The number of pyridine rings is 2. The van der Waals surface area contributed by atoms with E-state index in [1.807, 2.05) is 54.9 Å². The predicted molar refractivity (Wildman–Crippen MR) is 110 cm³/mol. The summed E-state index contributed by atoms with van der Waals surface area (Å²) in [7, 11) is 0. The van der Waals surface area contributed by atoms with E-state index in [0.717, 1.165) is 22.0 Å². The summed E-state index contributed by atoms with van der Waals surface area (Å²) in [6.07, 6.45) is 10.5. The maximum atomic E-state index is 5.06. The molecule has 1 aromatic carbocycles. The minimum absolute atomic E-state index is 0.845. The number of H-pyrrole nitrogens is 1. The highest BCUT2D eigenvalue weighted by Crippen LogP contribution is 2.17. The first-order valence-electron chi connectivity index (χ1n) is 8.33. The number of hydrogen-bond acceptors (Lipinski definition) is 5. The van der Waals surface area contributed by atoms with Gasteiger partial charge < -0.3 is 9.40 Å². The van der Waals surface area contributed by atoms with Gasteiger partial charge >= 0.3 is 0 Å². The van der Waals surface area contributed by atoms with Crippen LogP contribution in [0.15, 0.2) is 95.7 Å². The second-order valence-electron chi connectivity index (χ2n) is 5.59. The molecule has 0 atom stereocenters. The highest BCUT2D eigenvalue weighted by atomic mass is 32.1. The Hall–Kier alpha value is -3.51. The van der Waals surface area contributed by atoms with Gasteiger partial charge in [-0.05, 0) is 47.2 Å². The number of hydrogen-bond donors (Lipinski definition) is 1. The van der Waals surface area contributed by atoms with Crippen molar-refractivity contribution in [2.45, 2.75) is 0 Å². The van der Waals surface area contributed by atoms with Crippen LogP contribution in [0.2, 0.25) is 0 Å². The third-order valence-corrected chi connectivity index (χ3v) is 4.71. The van der Waals surface area contributed by atoms with Gasteiger partial charge in [-0.3, -0.25) is 9.97 Å². The van der Waals surface area contributed by atoms with E-state index in [1.54, 1.807) is 36.3 Å². The lowest BCUT2D eigenvalue weighted by atomic mass is 10.3. The molecule has 5 aromatic heterocycles. The molecule has 0 aliphatic rings. The Morgan fingerprint density at radius 3 is 2.56 bits per heavy atom. The molecule has 5 nitrogen and oxygen atoms in total. The van der Waals surface area contributed by atoms with Crippen molar-refractivity contribution >= 4 is 43.4 Å². The Labute approximate surface area is 159 Å². The maximum absolute atomic E-state index is 5.06. The molecule has 0 amide bonds. The number of fused-ring (bicyclic) bond motifs is 3. The fraction of sp³-hybridized carbons (Fsp3) is 0. The minimum atomic E-state index is 0.845. The average Bonchev–Trinajstić information content (AvgIpc) is 3.48. The molecule has 6 aromatic rings. The van der Waals surface area contributed by atoms with E-state index in [1.165, 1.54) is 10.1 Å². The molecule has 1 N–H and O–H groups in total. The first-order valence-corrected chi connectivity index (χ1v) is 9.21. The monoisotopic (exact) mass is 372 g/mol. The van der Waals surface area contributed by atoms with E-state index >= 15 is 0 Å². The Balaban J connectivity index is 0.0000001000. The van der Waals surface area contributed by atoms with Gasteiger partial charge in [-0.25, -0.2) is 4.98 Å². The van der Waals surface area contributed by atoms with Crippen LogP contribution in [0.3, 0.4) is 0 Å². The number of para-hydroxylation sites is 2. The van der Waals surface area contributed by atoms with E-state index in [2.05, 4.69) is 31.4 Å². The molecule has 0 unspecified atom stereocenters. The number of rotatable bonds is 0. The lowest BCUT2D eigenvalue weighted by molar-refractivity contribution is 0.614. The zero-order valence-electron chi connectivity index (χ0n) is 14.3. The van der Waals surface area contributed by atoms with Crippen LogP contribution in [0.25, 0.3) is 32.1 Å². The number of thiophene rings is 1. The van der Waals surface area contributed by atoms with Crippen LogP contribution in [0.4, 0.5) is 0 Å². The molecule has 0 aliphatic heterocycles. The fourth-order valence-corrected chi connectivity index (χ4v) is 3.25. The van der Waals surface area contributed by atoms with Gasteiger partial charge in [-0.15, -0.1) is 11.3 Å². The molecule has 0 bridgehead atoms. The number of imidazole rings is 1. The van der Waals surface area contributed by atoms with Gasteiger partial charge in [0.1, 0.15) is 0 Å². The Morgan fingerprint density at radius 1 is 0.852 bits per heavy atom. The largest absolute Gasteiger partial charge is 0.463 e. The normalized spacial score (nSPS) is 10.2. The van der Waals surface area contributed by atoms with Crippen LogP contribution in [-0.4, -0.2) is 19.9 Å². The third kappa shape index (κ3) is 4.19. The molecule has 6 heteroatoms. The van der Waals surface area contributed by atoms with E-state index < -0.39 is 0 Å². The van der Waals surface area contributed by atoms with Crippen LogP contribution in [0.5, 0.6) is 0 Å². The van der Waals surface area contributed by atoms with Crippen molar-refractivity contribution in [3.63, 3.8) is 0 Å². The molecule has 0 fully saturated rings. The predicted octanol–water partition coefficient (Wildman–Crippen LogP) is 5.69. The molecule has 0 saturated heterocycles. The third-order valence-electron chi connectivity index (χ3n) is 3.85. The van der Waals surface area contributed by atoms with Gasteiger partial charge in [0.2, 0.25) is 0 Å². The standard InChI is InChI=1S/C7H6N2.C7H5NO.C7H5NS/c1-2-4-7-6(3-1)8-5-9-7;2*1-3-8-5-7-6(1)2-4-9-7/h1-5H,(H,8,9);2*1-5H. The van der Waals surface area contributed by atoms with Crippen molar-refractivity contribution in [1.29, 1.82) is 0 Å². The van der Waals surface area contributed by atoms with Crippen molar-refractivity contribution in [1.82, 2.24) is 19.9 Å². The molecule has 0 aliphatic carbocycles. The number of nitrogens with one attached hydrogen (secondary N) is 1. The molecule has 0 saturated carbocycles. The summed E-state index contributed by atoms with van der Waals surface area (Å²) in [5.41, 5.74) is 2.97. The van der Waals surface area contributed by atoms with E-state index in [4.69, 9.17) is 4.42 Å². The van der Waals surface area contributed by atoms with Crippen LogP contribution in [0.1, 0.15) is 0 Å². The summed E-state index contributed by atoms with van der Waals surface area (Å²) >= 11 is 1.72. The molecule has 0 radical (unpaired) electrons. The minimum Gasteiger partial charge on any atom is -0.463 e. The van der Waals surface area contributed by atoms with E-state index in [9.17, 15) is 0 Å². The second-order valence-corrected chi connectivity index (χ2v) is 6.54. The van der Waals surface area contributed by atoms with Crippen molar-refractivity contribution in [3.05, 3.63) is 91.3 Å². The first kappa shape index (κ1) is 16.9. The van der Waals surface area contributed by atoms with Gasteiger partial charge in [0.05, 0.1) is 34.5 Å². The molecular formula is C21H16N4OS. The van der Waals surface area contributed by atoms with E-state index in [-0.39, 0.29) is 0 Å². The van der Waals surface area contributed by atoms with Crippen molar-refractivity contribution < 1.29 is 4.42 Å². The lowest BCUT2D eigenvalue weighted by Crippen LogP contribution is -1.65. The average molecular weight is 372 g/mol. The topological polar surface area (TPSA) is 67.6 Å². The Morgan fingerprint density at radius 2 is 1.70 bits per heavy atom. The zero-order chi connectivity index (χ0) is 18.3. The summed E-state index contributed by atoms with van der Waals surface area (Å²) in [5, 5.41) is 4.46. The maximum Gasteiger partial charge on any atom is 0.152 e. The van der Waals surface area contributed by atoms with E-state index in [0.29, 0.717) is 0 Å². The zero-order valence-corrected chi connectivity index (χ0v) is 15.1. The number of benzene rings is 1. The summed E-state index contributed by atoms with van der Waals surface area (Å²) in [6, 6.07) is 15.9. The van der Waals surface area contributed by atoms with Crippen LogP contribution < -0.4 is 0 Å².